The zero-order chi connectivity index (χ0) is 28.6. The van der Waals surface area contributed by atoms with E-state index >= 15 is 0 Å². The monoisotopic (exact) mass is 548 g/mol. The molecule has 39 heavy (non-hydrogen) atoms. The van der Waals surface area contributed by atoms with Crippen LogP contribution in [0.3, 0.4) is 0 Å². The smallest absolute Gasteiger partial charge is 0.343 e. The lowest BCUT2D eigenvalue weighted by Crippen LogP contribution is -2.18. The number of carbonyl (C=O) groups is 2. The van der Waals surface area contributed by atoms with E-state index in [0.29, 0.717) is 35.8 Å². The molecule has 0 fully saturated rings. The van der Waals surface area contributed by atoms with Gasteiger partial charge in [0.2, 0.25) is 0 Å². The van der Waals surface area contributed by atoms with E-state index in [1.54, 1.807) is 13.2 Å². The van der Waals surface area contributed by atoms with Crippen molar-refractivity contribution in [3.8, 4) is 23.0 Å². The molecule has 0 atom stereocenters. The van der Waals surface area contributed by atoms with E-state index in [0.717, 1.165) is 12.0 Å². The molecule has 0 bridgehead atoms. The minimum absolute atomic E-state index is 0.0216. The Morgan fingerprint density at radius 3 is 1.97 bits per heavy atom. The Kier molecular flexibility index (Phi) is 14.1. The first-order chi connectivity index (χ1) is 18.8. The van der Waals surface area contributed by atoms with Crippen LogP contribution < -0.4 is 18.9 Å². The van der Waals surface area contributed by atoms with Crippen LogP contribution >= 0.6 is 0 Å². The largest absolute Gasteiger partial charge is 0.481 e. The first-order valence-electron chi connectivity index (χ1n) is 12.7. The van der Waals surface area contributed by atoms with Gasteiger partial charge in [0.15, 0.2) is 32.8 Å². The molecular formula is C29H40O10. The minimum Gasteiger partial charge on any atom is -0.481 e. The molecule has 0 N–H and O–H groups in total. The van der Waals surface area contributed by atoms with E-state index < -0.39 is 5.97 Å². The van der Waals surface area contributed by atoms with Gasteiger partial charge in [0, 0.05) is 39.4 Å². The van der Waals surface area contributed by atoms with Crippen molar-refractivity contribution in [2.45, 2.75) is 39.5 Å². The molecule has 10 heteroatoms. The van der Waals surface area contributed by atoms with Crippen LogP contribution in [-0.2, 0) is 36.6 Å². The Balaban J connectivity index is 2.49. The van der Waals surface area contributed by atoms with Crippen LogP contribution in [0.5, 0.6) is 23.0 Å². The predicted molar refractivity (Wildman–Crippen MR) is 144 cm³/mol. The highest BCUT2D eigenvalue weighted by Crippen LogP contribution is 2.42. The number of benzene rings is 2. The highest BCUT2D eigenvalue weighted by molar-refractivity contribution is 6.02. The van der Waals surface area contributed by atoms with Crippen LogP contribution in [0, 0.1) is 5.92 Å². The van der Waals surface area contributed by atoms with Crippen molar-refractivity contribution >= 4 is 11.8 Å². The normalized spacial score (nSPS) is 10.8. The lowest BCUT2D eigenvalue weighted by atomic mass is 9.94. The molecule has 2 aromatic rings. The summed E-state index contributed by atoms with van der Waals surface area (Å²) in [6, 6.07) is 9.08. The molecule has 0 aliphatic carbocycles. The van der Waals surface area contributed by atoms with Gasteiger partial charge in [0.1, 0.15) is 28.6 Å². The number of hydrogen-bond acceptors (Lipinski definition) is 10. The Hall–Kier alpha value is -3.34. The lowest BCUT2D eigenvalue weighted by molar-refractivity contribution is -0.142. The fraction of sp³-hybridized carbons (Fsp3) is 0.517. The molecule has 216 valence electrons. The van der Waals surface area contributed by atoms with Gasteiger partial charge < -0.3 is 37.9 Å². The average Bonchev–Trinajstić information content (AvgIpc) is 2.94. The minimum atomic E-state index is -0.582. The van der Waals surface area contributed by atoms with Gasteiger partial charge in [-0.1, -0.05) is 26.0 Å². The van der Waals surface area contributed by atoms with Crippen molar-refractivity contribution in [1.82, 2.24) is 0 Å². The summed E-state index contributed by atoms with van der Waals surface area (Å²) in [6.45, 7) is 3.84. The third-order valence-corrected chi connectivity index (χ3v) is 5.69. The Labute approximate surface area is 230 Å². The molecule has 2 rings (SSSR count). The van der Waals surface area contributed by atoms with Gasteiger partial charge in [0.25, 0.3) is 0 Å². The summed E-state index contributed by atoms with van der Waals surface area (Å²) >= 11 is 0. The second-order valence-corrected chi connectivity index (χ2v) is 9.07. The number of ketones is 1. The van der Waals surface area contributed by atoms with Crippen LogP contribution in [0.2, 0.25) is 0 Å². The molecule has 2 aromatic carbocycles. The zero-order valence-corrected chi connectivity index (χ0v) is 23.7. The van der Waals surface area contributed by atoms with E-state index in [1.165, 1.54) is 21.3 Å². The van der Waals surface area contributed by atoms with Gasteiger partial charge in [0.05, 0.1) is 7.11 Å². The summed E-state index contributed by atoms with van der Waals surface area (Å²) in [6.07, 6.45) is 1.97. The fourth-order valence-corrected chi connectivity index (χ4v) is 3.69. The van der Waals surface area contributed by atoms with Crippen molar-refractivity contribution in [1.29, 1.82) is 0 Å². The van der Waals surface area contributed by atoms with E-state index in [1.807, 2.05) is 24.3 Å². The van der Waals surface area contributed by atoms with Gasteiger partial charge >= 0.3 is 5.97 Å². The number of aryl methyl sites for hydroxylation is 1. The highest BCUT2D eigenvalue weighted by atomic mass is 16.7. The number of hydrogen-bond donors (Lipinski definition) is 0. The molecule has 0 heterocycles. The first kappa shape index (κ1) is 31.9. The summed E-state index contributed by atoms with van der Waals surface area (Å²) < 4.78 is 42.9. The maximum absolute atomic E-state index is 13.7. The summed E-state index contributed by atoms with van der Waals surface area (Å²) in [7, 11) is 5.82. The summed E-state index contributed by atoms with van der Waals surface area (Å²) in [5.74, 6) is 1.13. The predicted octanol–water partition coefficient (Wildman–Crippen LogP) is 4.59. The summed E-state index contributed by atoms with van der Waals surface area (Å²) in [5, 5.41) is 0. The molecule has 0 spiro atoms. The maximum Gasteiger partial charge on any atom is 0.343 e. The van der Waals surface area contributed by atoms with Crippen LogP contribution in [0.15, 0.2) is 30.3 Å². The third-order valence-electron chi connectivity index (χ3n) is 5.69. The second-order valence-electron chi connectivity index (χ2n) is 9.07. The lowest BCUT2D eigenvalue weighted by Gasteiger charge is -2.22. The Bertz CT molecular complexity index is 1030. The van der Waals surface area contributed by atoms with Crippen LogP contribution in [-0.4, -0.2) is 67.2 Å². The Morgan fingerprint density at radius 2 is 1.38 bits per heavy atom. The van der Waals surface area contributed by atoms with E-state index in [9.17, 15) is 9.59 Å². The van der Waals surface area contributed by atoms with E-state index in [4.69, 9.17) is 37.9 Å². The van der Waals surface area contributed by atoms with Crippen LogP contribution in [0.4, 0.5) is 0 Å². The SMILES string of the molecule is COCOc1ccc(CCC(=O)c2c(OCOC)cc(OCOC)c(CCC(C)C)c2OCC(=O)OC)cc1. The van der Waals surface area contributed by atoms with Crippen molar-refractivity contribution in [3.63, 3.8) is 0 Å². The molecule has 10 nitrogen and oxygen atoms in total. The molecular weight excluding hydrogens is 508 g/mol. The van der Waals surface area contributed by atoms with Crippen LogP contribution in [0.25, 0.3) is 0 Å². The number of Topliss-reactive ketones (excluding diaryl/α,β-unsaturated/α-hetero) is 1. The van der Waals surface area contributed by atoms with Crippen molar-refractivity contribution < 1.29 is 47.5 Å². The van der Waals surface area contributed by atoms with Gasteiger partial charge in [-0.05, 0) is 42.9 Å². The quantitative estimate of drug-likeness (QED) is 0.140. The second kappa shape index (κ2) is 17.3. The number of rotatable bonds is 19. The standard InChI is InChI=1S/C29H40O10/c1-20(2)7-13-23-25(38-18-33-4)15-26(39-19-34-5)28(29(23)36-16-27(31)35-6)24(30)14-10-21-8-11-22(12-9-21)37-17-32-3/h8-9,11-12,15,20H,7,10,13-14,16-19H2,1-6H3. The number of carbonyl (C=O) groups excluding carboxylic acids is 2. The molecule has 0 aliphatic rings. The highest BCUT2D eigenvalue weighted by Gasteiger charge is 2.27. The van der Waals surface area contributed by atoms with E-state index in [-0.39, 0.29) is 56.3 Å². The molecule has 0 amide bonds. The number of ether oxygens (including phenoxy) is 8. The third kappa shape index (κ3) is 10.4. The van der Waals surface area contributed by atoms with Gasteiger partial charge in [-0.25, -0.2) is 4.79 Å². The van der Waals surface area contributed by atoms with Gasteiger partial charge in [-0.3, -0.25) is 4.79 Å². The Morgan fingerprint density at radius 1 is 0.769 bits per heavy atom. The van der Waals surface area contributed by atoms with E-state index in [2.05, 4.69) is 13.8 Å². The summed E-state index contributed by atoms with van der Waals surface area (Å²) in [4.78, 5) is 25.7. The van der Waals surface area contributed by atoms with Crippen molar-refractivity contribution in [2.24, 2.45) is 5.92 Å². The van der Waals surface area contributed by atoms with Crippen LogP contribution in [0.1, 0.15) is 48.2 Å². The molecule has 0 aliphatic heterocycles. The molecule has 0 saturated carbocycles. The van der Waals surface area contributed by atoms with Gasteiger partial charge in [-0.15, -0.1) is 0 Å². The van der Waals surface area contributed by atoms with Crippen molar-refractivity contribution in [3.05, 3.63) is 47.0 Å². The average molecular weight is 549 g/mol. The topological polar surface area (TPSA) is 108 Å². The molecule has 0 radical (unpaired) electrons. The molecule has 0 aromatic heterocycles. The maximum atomic E-state index is 13.7. The zero-order valence-electron chi connectivity index (χ0n) is 23.7. The number of methoxy groups -OCH3 is 4. The van der Waals surface area contributed by atoms with Gasteiger partial charge in [-0.2, -0.15) is 0 Å². The summed E-state index contributed by atoms with van der Waals surface area (Å²) in [5.41, 5.74) is 1.82. The fourth-order valence-electron chi connectivity index (χ4n) is 3.69. The molecule has 0 unspecified atom stereocenters. The van der Waals surface area contributed by atoms with Crippen molar-refractivity contribution in [2.75, 3.05) is 55.4 Å². The molecule has 0 saturated heterocycles. The number of esters is 1. The first-order valence-corrected chi connectivity index (χ1v) is 12.7.